The number of H-pyrrole nitrogens is 1. The minimum atomic E-state index is -0.665. The average molecular weight is 429 g/mol. The number of nitrogens with one attached hydrogen (secondary N) is 2. The van der Waals surface area contributed by atoms with Gasteiger partial charge in [0.2, 0.25) is 0 Å². The number of benzene rings is 1. The molecule has 0 atom stereocenters. The molecular weight excluding hydrogens is 407 g/mol. The highest BCUT2D eigenvalue weighted by atomic mass is 35.5. The van der Waals surface area contributed by atoms with Crippen molar-refractivity contribution in [1.82, 2.24) is 25.1 Å². The Morgan fingerprint density at radius 1 is 1.20 bits per heavy atom. The van der Waals surface area contributed by atoms with E-state index >= 15 is 0 Å². The Kier molecular flexibility index (Phi) is 5.67. The van der Waals surface area contributed by atoms with Crippen LogP contribution >= 0.6 is 11.6 Å². The molecule has 0 bridgehead atoms. The van der Waals surface area contributed by atoms with Gasteiger partial charge < -0.3 is 10.2 Å². The number of hydrogen-bond donors (Lipinski definition) is 2. The fourth-order valence-corrected chi connectivity index (χ4v) is 3.87. The summed E-state index contributed by atoms with van der Waals surface area (Å²) in [5.41, 5.74) is 1.90. The molecule has 0 saturated carbocycles. The van der Waals surface area contributed by atoms with E-state index in [0.717, 1.165) is 24.2 Å². The number of anilines is 2. The predicted molar refractivity (Wildman–Crippen MR) is 113 cm³/mol. The Bertz CT molecular complexity index is 1080. The van der Waals surface area contributed by atoms with Crippen LogP contribution in [0.1, 0.15) is 46.3 Å². The predicted octanol–water partition coefficient (Wildman–Crippen LogP) is 4.37. The molecule has 0 unspecified atom stereocenters. The van der Waals surface area contributed by atoms with Gasteiger partial charge in [0, 0.05) is 42.5 Å². The highest BCUT2D eigenvalue weighted by Crippen LogP contribution is 2.30. The number of nitrogens with zero attached hydrogens (tertiary/aromatic N) is 4. The molecule has 1 aromatic carbocycles. The summed E-state index contributed by atoms with van der Waals surface area (Å²) in [5.74, 6) is 1.25. The van der Waals surface area contributed by atoms with E-state index in [9.17, 15) is 9.18 Å². The van der Waals surface area contributed by atoms with Crippen LogP contribution in [0.3, 0.4) is 0 Å². The number of piperidine rings is 1. The van der Waals surface area contributed by atoms with Gasteiger partial charge in [-0.25, -0.2) is 14.4 Å². The molecule has 4 rings (SSSR count). The molecule has 2 aromatic heterocycles. The molecule has 1 aliphatic heterocycles. The van der Waals surface area contributed by atoms with Gasteiger partial charge in [-0.05, 0) is 38.8 Å². The molecule has 1 fully saturated rings. The van der Waals surface area contributed by atoms with E-state index in [1.807, 2.05) is 26.0 Å². The second-order valence-electron chi connectivity index (χ2n) is 7.45. The van der Waals surface area contributed by atoms with E-state index in [2.05, 4.69) is 25.5 Å². The van der Waals surface area contributed by atoms with Crippen LogP contribution in [0.5, 0.6) is 0 Å². The molecule has 2 N–H and O–H groups in total. The van der Waals surface area contributed by atoms with Crippen LogP contribution in [-0.2, 0) is 0 Å². The zero-order valence-corrected chi connectivity index (χ0v) is 17.5. The third-order valence-electron chi connectivity index (χ3n) is 5.20. The van der Waals surface area contributed by atoms with E-state index in [4.69, 9.17) is 11.6 Å². The molecule has 7 nitrogen and oxygen atoms in total. The molecule has 0 radical (unpaired) electrons. The van der Waals surface area contributed by atoms with E-state index in [0.29, 0.717) is 30.5 Å². The molecule has 1 amide bonds. The van der Waals surface area contributed by atoms with Gasteiger partial charge in [0.15, 0.2) is 11.6 Å². The summed E-state index contributed by atoms with van der Waals surface area (Å²) in [6.07, 6.45) is 1.48. The smallest absolute Gasteiger partial charge is 0.256 e. The quantitative estimate of drug-likeness (QED) is 0.644. The van der Waals surface area contributed by atoms with Crippen LogP contribution in [0.4, 0.5) is 16.0 Å². The van der Waals surface area contributed by atoms with Crippen molar-refractivity contribution in [2.75, 3.05) is 18.4 Å². The van der Waals surface area contributed by atoms with Crippen LogP contribution in [0, 0.1) is 19.7 Å². The maximum Gasteiger partial charge on any atom is 0.256 e. The Labute approximate surface area is 178 Å². The molecule has 3 aromatic rings. The molecule has 156 valence electrons. The fourth-order valence-electron chi connectivity index (χ4n) is 3.69. The summed E-state index contributed by atoms with van der Waals surface area (Å²) in [6.45, 7) is 4.84. The van der Waals surface area contributed by atoms with Crippen molar-refractivity contribution in [2.24, 2.45) is 0 Å². The Balaban J connectivity index is 1.45. The zero-order chi connectivity index (χ0) is 21.3. The second kappa shape index (κ2) is 8.39. The third-order valence-corrected chi connectivity index (χ3v) is 5.49. The largest absolute Gasteiger partial charge is 0.339 e. The average Bonchev–Trinajstić information content (AvgIpc) is 3.14. The van der Waals surface area contributed by atoms with Gasteiger partial charge >= 0.3 is 0 Å². The first-order valence-corrected chi connectivity index (χ1v) is 10.2. The highest BCUT2D eigenvalue weighted by molar-refractivity contribution is 6.31. The van der Waals surface area contributed by atoms with Gasteiger partial charge in [-0.2, -0.15) is 5.10 Å². The number of halogens is 2. The zero-order valence-electron chi connectivity index (χ0n) is 16.7. The van der Waals surface area contributed by atoms with E-state index in [1.54, 1.807) is 11.0 Å². The lowest BCUT2D eigenvalue weighted by Crippen LogP contribution is -2.38. The summed E-state index contributed by atoms with van der Waals surface area (Å²) in [5, 5.41) is 10.2. The van der Waals surface area contributed by atoms with Crippen LogP contribution < -0.4 is 5.32 Å². The molecule has 0 spiro atoms. The van der Waals surface area contributed by atoms with Crippen molar-refractivity contribution in [3.63, 3.8) is 0 Å². The molecule has 0 aliphatic carbocycles. The van der Waals surface area contributed by atoms with Crippen LogP contribution in [0.15, 0.2) is 30.3 Å². The van der Waals surface area contributed by atoms with Crippen molar-refractivity contribution in [1.29, 1.82) is 0 Å². The maximum atomic E-state index is 14.2. The van der Waals surface area contributed by atoms with Crippen LogP contribution in [0.2, 0.25) is 5.02 Å². The summed E-state index contributed by atoms with van der Waals surface area (Å²) >= 11 is 5.82. The molecule has 1 saturated heterocycles. The fraction of sp³-hybridized carbons (Fsp3) is 0.333. The monoisotopic (exact) mass is 428 g/mol. The Morgan fingerprint density at radius 2 is 1.97 bits per heavy atom. The summed E-state index contributed by atoms with van der Waals surface area (Å²) in [6, 6.07) is 8.32. The van der Waals surface area contributed by atoms with Crippen LogP contribution in [0.25, 0.3) is 0 Å². The number of hydrogen-bond acceptors (Lipinski definition) is 5. The number of carbonyl (C=O) groups is 1. The Hall–Kier alpha value is -3.00. The summed E-state index contributed by atoms with van der Waals surface area (Å²) in [7, 11) is 0. The molecule has 30 heavy (non-hydrogen) atoms. The first-order chi connectivity index (χ1) is 14.4. The third kappa shape index (κ3) is 4.28. The van der Waals surface area contributed by atoms with Crippen molar-refractivity contribution < 1.29 is 9.18 Å². The highest BCUT2D eigenvalue weighted by Gasteiger charge is 2.27. The number of aromatic amines is 1. The van der Waals surface area contributed by atoms with Gasteiger partial charge in [0.25, 0.3) is 5.91 Å². The Morgan fingerprint density at radius 3 is 2.67 bits per heavy atom. The van der Waals surface area contributed by atoms with Crippen molar-refractivity contribution in [3.05, 3.63) is 63.9 Å². The van der Waals surface area contributed by atoms with Gasteiger partial charge in [-0.3, -0.25) is 9.89 Å². The van der Waals surface area contributed by atoms with Gasteiger partial charge in [0.05, 0.1) is 10.6 Å². The lowest BCUT2D eigenvalue weighted by molar-refractivity contribution is 0.0707. The minimum Gasteiger partial charge on any atom is -0.339 e. The van der Waals surface area contributed by atoms with Gasteiger partial charge in [0.1, 0.15) is 11.6 Å². The van der Waals surface area contributed by atoms with E-state index in [1.165, 1.54) is 12.1 Å². The maximum absolute atomic E-state index is 14.2. The minimum absolute atomic E-state index is 0.0135. The van der Waals surface area contributed by atoms with Crippen molar-refractivity contribution in [3.8, 4) is 0 Å². The second-order valence-corrected chi connectivity index (χ2v) is 7.86. The first-order valence-electron chi connectivity index (χ1n) is 9.78. The summed E-state index contributed by atoms with van der Waals surface area (Å²) in [4.78, 5) is 23.4. The van der Waals surface area contributed by atoms with E-state index in [-0.39, 0.29) is 22.4 Å². The summed E-state index contributed by atoms with van der Waals surface area (Å²) < 4.78 is 14.2. The van der Waals surface area contributed by atoms with Gasteiger partial charge in [-0.15, -0.1) is 0 Å². The van der Waals surface area contributed by atoms with Crippen LogP contribution in [-0.4, -0.2) is 44.1 Å². The lowest BCUT2D eigenvalue weighted by Gasteiger charge is -2.32. The molecule has 3 heterocycles. The molecule has 1 aliphatic rings. The number of rotatable bonds is 4. The molecule has 9 heteroatoms. The van der Waals surface area contributed by atoms with E-state index < -0.39 is 5.82 Å². The lowest BCUT2D eigenvalue weighted by atomic mass is 9.92. The molecular formula is C21H22ClFN6O. The normalized spacial score (nSPS) is 14.7. The number of aryl methyl sites for hydroxylation is 2. The number of aromatic nitrogens is 4. The standard InChI is InChI=1S/C21H22ClFN6O/c1-12-10-19(28-27-12)26-18-11-17(24-13(2)25-18)14-6-8-29(9-7-14)21(30)15-4-3-5-16(22)20(15)23/h3-5,10-11,14H,6-9H2,1-2H3,(H2,24,25,26,27,28). The number of amides is 1. The van der Waals surface area contributed by atoms with Crippen molar-refractivity contribution >= 4 is 29.1 Å². The first kappa shape index (κ1) is 20.3. The topological polar surface area (TPSA) is 86.8 Å². The SMILES string of the molecule is Cc1nc(Nc2cc(C)[nH]n2)cc(C2CCN(C(=O)c3cccc(Cl)c3F)CC2)n1. The number of carbonyl (C=O) groups excluding carboxylic acids is 1. The van der Waals surface area contributed by atoms with Gasteiger partial charge in [-0.1, -0.05) is 17.7 Å². The van der Waals surface area contributed by atoms with Crippen molar-refractivity contribution in [2.45, 2.75) is 32.6 Å². The number of likely N-dealkylation sites (tertiary alicyclic amines) is 1.